The van der Waals surface area contributed by atoms with Gasteiger partial charge in [0.25, 0.3) is 0 Å². The third-order valence-electron chi connectivity index (χ3n) is 8.22. The van der Waals surface area contributed by atoms with E-state index in [4.69, 9.17) is 18.9 Å². The van der Waals surface area contributed by atoms with E-state index < -0.39 is 10.8 Å². The lowest BCUT2D eigenvalue weighted by Crippen LogP contribution is -2.29. The molecule has 3 rings (SSSR count). The van der Waals surface area contributed by atoms with Crippen LogP contribution in [-0.4, -0.2) is 25.2 Å². The zero-order chi connectivity index (χ0) is 34.2. The molecule has 3 aromatic carbocycles. The highest BCUT2D eigenvalue weighted by atomic mass is 16.5. The normalized spacial score (nSPS) is 12.4. The molecule has 0 aliphatic carbocycles. The second-order valence-electron chi connectivity index (χ2n) is 15.5. The van der Waals surface area contributed by atoms with Crippen molar-refractivity contribution in [1.82, 2.24) is 0 Å². The molecule has 0 spiro atoms. The molecule has 0 unspecified atom stereocenters. The first kappa shape index (κ1) is 36.7. The van der Waals surface area contributed by atoms with Crippen LogP contribution in [0.2, 0.25) is 0 Å². The SMILES string of the molecule is CC(C)(CCCOc1ccc(OCCCC(C)(C)C(=O)Oc2ccc(C(C)(C)C)cc2)cc1)C(=O)Oc1ccc(C(C)(C)C)cc1. The van der Waals surface area contributed by atoms with E-state index in [9.17, 15) is 9.59 Å². The molecule has 0 heterocycles. The van der Waals surface area contributed by atoms with Gasteiger partial charge >= 0.3 is 11.9 Å². The Balaban J connectivity index is 1.35. The fraction of sp³-hybridized carbons (Fsp3) is 0.500. The summed E-state index contributed by atoms with van der Waals surface area (Å²) < 4.78 is 23.1. The van der Waals surface area contributed by atoms with Gasteiger partial charge in [0.15, 0.2) is 0 Å². The molecule has 0 N–H and O–H groups in total. The van der Waals surface area contributed by atoms with Crippen molar-refractivity contribution in [2.24, 2.45) is 10.8 Å². The lowest BCUT2D eigenvalue weighted by molar-refractivity contribution is -0.145. The van der Waals surface area contributed by atoms with Gasteiger partial charge in [0.05, 0.1) is 24.0 Å². The lowest BCUT2D eigenvalue weighted by atomic mass is 9.87. The molecule has 3 aromatic rings. The Hall–Kier alpha value is -3.80. The monoisotopic (exact) mass is 630 g/mol. The molecule has 0 aliphatic heterocycles. The number of ether oxygens (including phenoxy) is 4. The van der Waals surface area contributed by atoms with E-state index in [1.165, 1.54) is 11.1 Å². The van der Waals surface area contributed by atoms with Gasteiger partial charge in [-0.25, -0.2) is 0 Å². The summed E-state index contributed by atoms with van der Waals surface area (Å²) >= 11 is 0. The van der Waals surface area contributed by atoms with Gasteiger partial charge in [-0.15, -0.1) is 0 Å². The predicted octanol–water partition coefficient (Wildman–Crippen LogP) is 9.86. The van der Waals surface area contributed by atoms with Crippen LogP contribution in [0.15, 0.2) is 72.8 Å². The van der Waals surface area contributed by atoms with Crippen molar-refractivity contribution < 1.29 is 28.5 Å². The van der Waals surface area contributed by atoms with Crippen molar-refractivity contribution >= 4 is 11.9 Å². The molecule has 0 saturated carbocycles. The predicted molar refractivity (Wildman–Crippen MR) is 185 cm³/mol. The molecular weight excluding hydrogens is 576 g/mol. The number of hydrogen-bond acceptors (Lipinski definition) is 6. The van der Waals surface area contributed by atoms with Crippen molar-refractivity contribution in [2.75, 3.05) is 13.2 Å². The number of benzene rings is 3. The zero-order valence-corrected chi connectivity index (χ0v) is 29.6. The second-order valence-corrected chi connectivity index (χ2v) is 15.5. The smallest absolute Gasteiger partial charge is 0.316 e. The van der Waals surface area contributed by atoms with E-state index in [1.807, 2.05) is 100 Å². The van der Waals surface area contributed by atoms with Gasteiger partial charge in [-0.2, -0.15) is 0 Å². The molecule has 0 aromatic heterocycles. The number of esters is 2. The molecule has 0 radical (unpaired) electrons. The second kappa shape index (κ2) is 15.2. The Kier molecular flexibility index (Phi) is 12.1. The molecular formula is C40H54O6. The third kappa shape index (κ3) is 11.2. The Bertz CT molecular complexity index is 1290. The van der Waals surface area contributed by atoms with Gasteiger partial charge in [-0.3, -0.25) is 9.59 Å². The first-order chi connectivity index (χ1) is 21.4. The first-order valence-corrected chi connectivity index (χ1v) is 16.4. The topological polar surface area (TPSA) is 71.1 Å². The van der Waals surface area contributed by atoms with Gasteiger partial charge in [-0.05, 0) is 124 Å². The van der Waals surface area contributed by atoms with E-state index in [-0.39, 0.29) is 22.8 Å². The highest BCUT2D eigenvalue weighted by Crippen LogP contribution is 2.30. The van der Waals surface area contributed by atoms with Crippen molar-refractivity contribution in [2.45, 2.75) is 106 Å². The summed E-state index contributed by atoms with van der Waals surface area (Å²) in [5, 5.41) is 0. The van der Waals surface area contributed by atoms with Crippen LogP contribution in [0, 0.1) is 10.8 Å². The van der Waals surface area contributed by atoms with Gasteiger partial charge in [0.1, 0.15) is 23.0 Å². The fourth-order valence-corrected chi connectivity index (χ4v) is 4.78. The molecule has 0 aliphatic rings. The Morgan fingerprint density at radius 3 is 1.02 bits per heavy atom. The molecule has 250 valence electrons. The van der Waals surface area contributed by atoms with Gasteiger partial charge in [-0.1, -0.05) is 65.8 Å². The van der Waals surface area contributed by atoms with E-state index >= 15 is 0 Å². The van der Waals surface area contributed by atoms with Crippen LogP contribution in [0.1, 0.15) is 106 Å². The maximum Gasteiger partial charge on any atom is 0.316 e. The summed E-state index contributed by atoms with van der Waals surface area (Å²) in [5.74, 6) is 2.12. The van der Waals surface area contributed by atoms with Crippen molar-refractivity contribution in [3.05, 3.63) is 83.9 Å². The largest absolute Gasteiger partial charge is 0.494 e. The van der Waals surface area contributed by atoms with Crippen LogP contribution >= 0.6 is 0 Å². The number of carbonyl (C=O) groups is 2. The van der Waals surface area contributed by atoms with Crippen molar-refractivity contribution in [3.63, 3.8) is 0 Å². The molecule has 0 atom stereocenters. The molecule has 46 heavy (non-hydrogen) atoms. The van der Waals surface area contributed by atoms with E-state index in [2.05, 4.69) is 41.5 Å². The minimum absolute atomic E-state index is 0.0476. The zero-order valence-electron chi connectivity index (χ0n) is 29.6. The molecule has 6 nitrogen and oxygen atoms in total. The Morgan fingerprint density at radius 2 is 0.739 bits per heavy atom. The maximum absolute atomic E-state index is 12.8. The van der Waals surface area contributed by atoms with Crippen LogP contribution in [0.3, 0.4) is 0 Å². The van der Waals surface area contributed by atoms with E-state index in [1.54, 1.807) is 0 Å². The van der Waals surface area contributed by atoms with Crippen LogP contribution in [0.5, 0.6) is 23.0 Å². The standard InChI is InChI=1S/C40H54O6/c1-37(2,3)29-13-17-33(18-14-29)45-35(41)39(7,8)25-11-27-43-31-21-23-32(24-22-31)44-28-12-26-40(9,10)36(42)46-34-19-15-30(16-20-34)38(4,5)6/h13-24H,11-12,25-28H2,1-10H3. The Labute approximate surface area is 276 Å². The highest BCUT2D eigenvalue weighted by Gasteiger charge is 2.30. The number of carbonyl (C=O) groups excluding carboxylic acids is 2. The maximum atomic E-state index is 12.8. The molecule has 0 saturated heterocycles. The molecule has 6 heteroatoms. The highest BCUT2D eigenvalue weighted by molar-refractivity contribution is 5.78. The fourth-order valence-electron chi connectivity index (χ4n) is 4.78. The quantitative estimate of drug-likeness (QED) is 0.100. The van der Waals surface area contributed by atoms with Gasteiger partial charge < -0.3 is 18.9 Å². The van der Waals surface area contributed by atoms with Crippen molar-refractivity contribution in [1.29, 1.82) is 0 Å². The van der Waals surface area contributed by atoms with Crippen LogP contribution < -0.4 is 18.9 Å². The van der Waals surface area contributed by atoms with Gasteiger partial charge in [0.2, 0.25) is 0 Å². The summed E-state index contributed by atoms with van der Waals surface area (Å²) in [6.45, 7) is 21.5. The summed E-state index contributed by atoms with van der Waals surface area (Å²) in [7, 11) is 0. The number of hydrogen-bond donors (Lipinski definition) is 0. The summed E-state index contributed by atoms with van der Waals surface area (Å²) in [6, 6.07) is 23.0. The van der Waals surface area contributed by atoms with E-state index in [0.29, 0.717) is 50.4 Å². The molecule has 0 bridgehead atoms. The minimum atomic E-state index is -0.632. The number of rotatable bonds is 14. The lowest BCUT2D eigenvalue weighted by Gasteiger charge is -2.23. The first-order valence-electron chi connectivity index (χ1n) is 16.4. The molecule has 0 amide bonds. The van der Waals surface area contributed by atoms with Crippen molar-refractivity contribution in [3.8, 4) is 23.0 Å². The average Bonchev–Trinajstić information content (AvgIpc) is 2.98. The summed E-state index contributed by atoms with van der Waals surface area (Å²) in [4.78, 5) is 25.7. The van der Waals surface area contributed by atoms with Crippen LogP contribution in [-0.2, 0) is 20.4 Å². The average molecular weight is 631 g/mol. The third-order valence-corrected chi connectivity index (χ3v) is 8.22. The Morgan fingerprint density at radius 1 is 0.457 bits per heavy atom. The summed E-state index contributed by atoms with van der Waals surface area (Å²) in [5.41, 5.74) is 1.22. The molecule has 0 fully saturated rings. The van der Waals surface area contributed by atoms with E-state index in [0.717, 1.165) is 11.5 Å². The van der Waals surface area contributed by atoms with Crippen LogP contribution in [0.4, 0.5) is 0 Å². The summed E-state index contributed by atoms with van der Waals surface area (Å²) in [6.07, 6.45) is 2.70. The van der Waals surface area contributed by atoms with Crippen LogP contribution in [0.25, 0.3) is 0 Å². The van der Waals surface area contributed by atoms with Gasteiger partial charge in [0, 0.05) is 0 Å². The minimum Gasteiger partial charge on any atom is -0.494 e.